The third-order valence-electron chi connectivity index (χ3n) is 3.28. The summed E-state index contributed by atoms with van der Waals surface area (Å²) in [6, 6.07) is 12.1. The van der Waals surface area contributed by atoms with Crippen LogP contribution in [0.4, 0.5) is 5.69 Å². The summed E-state index contributed by atoms with van der Waals surface area (Å²) in [5.41, 5.74) is 0.861. The second-order valence-electron chi connectivity index (χ2n) is 5.21. The van der Waals surface area contributed by atoms with Crippen LogP contribution in [0.15, 0.2) is 47.4 Å². The molecule has 0 saturated heterocycles. The van der Waals surface area contributed by atoms with E-state index in [9.17, 15) is 9.59 Å². The molecule has 0 aliphatic rings. The van der Waals surface area contributed by atoms with Crippen molar-refractivity contribution in [1.82, 2.24) is 5.32 Å². The number of amides is 2. The average Bonchev–Trinajstić information content (AvgIpc) is 2.61. The zero-order valence-electron chi connectivity index (χ0n) is 14.1. The molecule has 0 unspecified atom stereocenters. The lowest BCUT2D eigenvalue weighted by atomic mass is 10.2. The summed E-state index contributed by atoms with van der Waals surface area (Å²) in [4.78, 5) is 24.9. The van der Waals surface area contributed by atoms with Crippen molar-refractivity contribution in [1.29, 1.82) is 0 Å². The molecule has 8 heteroatoms. The molecule has 0 atom stereocenters. The minimum Gasteiger partial charge on any atom is -0.383 e. The highest BCUT2D eigenvalue weighted by Gasteiger charge is 2.12. The molecular formula is C18H18Cl2N2O3S. The molecule has 0 aromatic heterocycles. The van der Waals surface area contributed by atoms with Crippen LogP contribution in [0.1, 0.15) is 10.4 Å². The van der Waals surface area contributed by atoms with Crippen molar-refractivity contribution in [2.45, 2.75) is 4.90 Å². The lowest BCUT2D eigenvalue weighted by Gasteiger charge is -2.09. The number of hydrogen-bond donors (Lipinski definition) is 2. The summed E-state index contributed by atoms with van der Waals surface area (Å²) in [6.07, 6.45) is 0. The van der Waals surface area contributed by atoms with Gasteiger partial charge in [0.05, 0.1) is 28.0 Å². The number of carbonyl (C=O) groups is 2. The van der Waals surface area contributed by atoms with Crippen molar-refractivity contribution in [3.8, 4) is 0 Å². The van der Waals surface area contributed by atoms with Crippen LogP contribution < -0.4 is 10.6 Å². The third kappa shape index (κ3) is 6.21. The second kappa shape index (κ2) is 10.4. The SMILES string of the molecule is COCCNC(=O)c1ccc(NC(=O)CSc2ccccc2Cl)cc1Cl. The summed E-state index contributed by atoms with van der Waals surface area (Å²) in [5.74, 6) is -0.275. The molecule has 2 aromatic rings. The van der Waals surface area contributed by atoms with Gasteiger partial charge in [-0.3, -0.25) is 9.59 Å². The first-order chi connectivity index (χ1) is 12.5. The zero-order valence-corrected chi connectivity index (χ0v) is 16.4. The van der Waals surface area contributed by atoms with Crippen LogP contribution >= 0.6 is 35.0 Å². The molecule has 0 bridgehead atoms. The topological polar surface area (TPSA) is 67.4 Å². The van der Waals surface area contributed by atoms with Crippen LogP contribution in [0.2, 0.25) is 10.0 Å². The maximum Gasteiger partial charge on any atom is 0.252 e. The van der Waals surface area contributed by atoms with Gasteiger partial charge in [-0.25, -0.2) is 0 Å². The summed E-state index contributed by atoms with van der Waals surface area (Å²) in [6.45, 7) is 0.810. The molecule has 2 aromatic carbocycles. The Morgan fingerprint density at radius 1 is 1.12 bits per heavy atom. The fourth-order valence-corrected chi connectivity index (χ4v) is 3.35. The number of nitrogens with one attached hydrogen (secondary N) is 2. The standard InChI is InChI=1S/C18H18Cl2N2O3S/c1-25-9-8-21-18(24)13-7-6-12(10-15(13)20)22-17(23)11-26-16-5-3-2-4-14(16)19/h2-7,10H,8-9,11H2,1H3,(H,21,24)(H,22,23). The molecule has 0 spiro atoms. The summed E-state index contributed by atoms with van der Waals surface area (Å²) in [5, 5.41) is 6.31. The van der Waals surface area contributed by atoms with Crippen molar-refractivity contribution in [3.63, 3.8) is 0 Å². The number of benzene rings is 2. The van der Waals surface area contributed by atoms with Crippen LogP contribution in [0, 0.1) is 0 Å². The monoisotopic (exact) mass is 412 g/mol. The van der Waals surface area contributed by atoms with E-state index in [-0.39, 0.29) is 22.6 Å². The van der Waals surface area contributed by atoms with Gasteiger partial charge in [0.1, 0.15) is 0 Å². The molecule has 0 saturated carbocycles. The van der Waals surface area contributed by atoms with E-state index in [0.29, 0.717) is 29.4 Å². The van der Waals surface area contributed by atoms with Gasteiger partial charge in [0.25, 0.3) is 5.91 Å². The van der Waals surface area contributed by atoms with Crippen molar-refractivity contribution in [2.75, 3.05) is 31.3 Å². The Morgan fingerprint density at radius 3 is 2.58 bits per heavy atom. The molecule has 138 valence electrons. The first-order valence-corrected chi connectivity index (χ1v) is 9.49. The molecule has 2 amide bonds. The van der Waals surface area contributed by atoms with E-state index in [1.54, 1.807) is 31.4 Å². The van der Waals surface area contributed by atoms with Crippen molar-refractivity contribution >= 4 is 52.5 Å². The summed E-state index contributed by atoms with van der Waals surface area (Å²) < 4.78 is 4.88. The van der Waals surface area contributed by atoms with E-state index < -0.39 is 0 Å². The van der Waals surface area contributed by atoms with Gasteiger partial charge in [0, 0.05) is 24.2 Å². The summed E-state index contributed by atoms with van der Waals surface area (Å²) >= 11 is 13.6. The minimum absolute atomic E-state index is 0.191. The predicted molar refractivity (Wildman–Crippen MR) is 106 cm³/mol. The quantitative estimate of drug-likeness (QED) is 0.505. The molecule has 0 fully saturated rings. The zero-order chi connectivity index (χ0) is 18.9. The molecule has 0 radical (unpaired) electrons. The van der Waals surface area contributed by atoms with Gasteiger partial charge in [0.2, 0.25) is 5.91 Å². The van der Waals surface area contributed by atoms with Gasteiger partial charge in [-0.1, -0.05) is 35.3 Å². The minimum atomic E-state index is -0.292. The highest BCUT2D eigenvalue weighted by Crippen LogP contribution is 2.27. The van der Waals surface area contributed by atoms with Crippen LogP contribution in [0.3, 0.4) is 0 Å². The fraction of sp³-hybridized carbons (Fsp3) is 0.222. The van der Waals surface area contributed by atoms with Crippen molar-refractivity contribution in [2.24, 2.45) is 0 Å². The number of ether oxygens (including phenoxy) is 1. The van der Waals surface area contributed by atoms with E-state index in [1.807, 2.05) is 18.2 Å². The Kier molecular flexibility index (Phi) is 8.25. The van der Waals surface area contributed by atoms with E-state index in [0.717, 1.165) is 4.90 Å². The second-order valence-corrected chi connectivity index (χ2v) is 7.04. The lowest BCUT2D eigenvalue weighted by molar-refractivity contribution is -0.113. The van der Waals surface area contributed by atoms with E-state index >= 15 is 0 Å². The van der Waals surface area contributed by atoms with Crippen LogP contribution in [-0.2, 0) is 9.53 Å². The van der Waals surface area contributed by atoms with Crippen molar-refractivity contribution in [3.05, 3.63) is 58.1 Å². The average molecular weight is 413 g/mol. The normalized spacial score (nSPS) is 10.4. The van der Waals surface area contributed by atoms with Crippen molar-refractivity contribution < 1.29 is 14.3 Å². The Balaban J connectivity index is 1.91. The number of hydrogen-bond acceptors (Lipinski definition) is 4. The van der Waals surface area contributed by atoms with Gasteiger partial charge in [0.15, 0.2) is 0 Å². The maximum atomic E-state index is 12.1. The molecule has 0 aliphatic heterocycles. The van der Waals surface area contributed by atoms with E-state index in [1.165, 1.54) is 11.8 Å². The molecule has 5 nitrogen and oxygen atoms in total. The number of thioether (sulfide) groups is 1. The number of halogens is 2. The predicted octanol–water partition coefficient (Wildman–Crippen LogP) is 4.10. The molecule has 26 heavy (non-hydrogen) atoms. The van der Waals surface area contributed by atoms with Gasteiger partial charge >= 0.3 is 0 Å². The smallest absolute Gasteiger partial charge is 0.252 e. The number of rotatable bonds is 8. The lowest BCUT2D eigenvalue weighted by Crippen LogP contribution is -2.27. The van der Waals surface area contributed by atoms with E-state index in [2.05, 4.69) is 10.6 Å². The number of anilines is 1. The van der Waals surface area contributed by atoms with Gasteiger partial charge in [-0.05, 0) is 30.3 Å². The fourth-order valence-electron chi connectivity index (χ4n) is 2.04. The third-order valence-corrected chi connectivity index (χ3v) is 5.11. The number of methoxy groups -OCH3 is 1. The van der Waals surface area contributed by atoms with Crippen LogP contribution in [0.5, 0.6) is 0 Å². The Bertz CT molecular complexity index is 787. The van der Waals surface area contributed by atoms with Gasteiger partial charge in [-0.2, -0.15) is 0 Å². The van der Waals surface area contributed by atoms with Crippen LogP contribution in [-0.4, -0.2) is 37.8 Å². The molecule has 0 aliphatic carbocycles. The molecular weight excluding hydrogens is 395 g/mol. The first kappa shape index (κ1) is 20.6. The Hall–Kier alpha value is -1.73. The highest BCUT2D eigenvalue weighted by molar-refractivity contribution is 8.00. The number of carbonyl (C=O) groups excluding carboxylic acids is 2. The Morgan fingerprint density at radius 2 is 1.88 bits per heavy atom. The van der Waals surface area contributed by atoms with Gasteiger partial charge < -0.3 is 15.4 Å². The van der Waals surface area contributed by atoms with E-state index in [4.69, 9.17) is 27.9 Å². The molecule has 2 rings (SSSR count). The van der Waals surface area contributed by atoms with Crippen LogP contribution in [0.25, 0.3) is 0 Å². The molecule has 2 N–H and O–H groups in total. The first-order valence-electron chi connectivity index (χ1n) is 7.75. The Labute approximate surface area is 166 Å². The maximum absolute atomic E-state index is 12.1. The van der Waals surface area contributed by atoms with Gasteiger partial charge in [-0.15, -0.1) is 11.8 Å². The summed E-state index contributed by atoms with van der Waals surface area (Å²) in [7, 11) is 1.56. The molecule has 0 heterocycles. The largest absolute Gasteiger partial charge is 0.383 e. The highest BCUT2D eigenvalue weighted by atomic mass is 35.5.